The number of methoxy groups -OCH3 is 1. The first-order valence-corrected chi connectivity index (χ1v) is 10.5. The third-order valence-corrected chi connectivity index (χ3v) is 6.08. The van der Waals surface area contributed by atoms with Crippen molar-refractivity contribution in [1.82, 2.24) is 4.31 Å². The first-order valence-electron chi connectivity index (χ1n) is 9.11. The van der Waals surface area contributed by atoms with Crippen molar-refractivity contribution in [3.8, 4) is 5.75 Å². The molecule has 2 rings (SSSR count). The first kappa shape index (κ1) is 23.3. The van der Waals surface area contributed by atoms with Gasteiger partial charge in [0.05, 0.1) is 17.7 Å². The Kier molecular flexibility index (Phi) is 7.90. The Balaban J connectivity index is 1.89. The van der Waals surface area contributed by atoms with Gasteiger partial charge in [0.1, 0.15) is 11.6 Å². The molecule has 0 fully saturated rings. The number of nitrogens with zero attached hydrogens (tertiary/aromatic N) is 1. The summed E-state index contributed by atoms with van der Waals surface area (Å²) in [7, 11) is -0.744. The standard InChI is InChI=1S/C20H24FN3O5S/c1-14(25)22-19-13-15(6-11-18(19)21)23-20(26)5-4-12-24(2)30(27,28)17-9-7-16(29-3)8-10-17/h6-11,13H,4-5,12H2,1-3H3,(H,22,25)(H,23,26). The summed E-state index contributed by atoms with van der Waals surface area (Å²) in [5.41, 5.74) is 0.287. The van der Waals surface area contributed by atoms with Gasteiger partial charge >= 0.3 is 0 Å². The quantitative estimate of drug-likeness (QED) is 0.628. The topological polar surface area (TPSA) is 105 Å². The molecular formula is C20H24FN3O5S. The first-order chi connectivity index (χ1) is 14.1. The third kappa shape index (κ3) is 6.26. The molecule has 0 atom stereocenters. The van der Waals surface area contributed by atoms with Crippen molar-refractivity contribution < 1.29 is 27.1 Å². The van der Waals surface area contributed by atoms with Crippen molar-refractivity contribution >= 4 is 33.2 Å². The summed E-state index contributed by atoms with van der Waals surface area (Å²) in [5, 5.41) is 4.94. The molecule has 8 nitrogen and oxygen atoms in total. The fourth-order valence-corrected chi connectivity index (χ4v) is 3.83. The number of benzene rings is 2. The molecule has 0 heterocycles. The van der Waals surface area contributed by atoms with Crippen LogP contribution in [0, 0.1) is 5.82 Å². The van der Waals surface area contributed by atoms with Gasteiger partial charge in [-0.15, -0.1) is 0 Å². The van der Waals surface area contributed by atoms with E-state index in [0.29, 0.717) is 11.4 Å². The van der Waals surface area contributed by atoms with E-state index in [4.69, 9.17) is 4.74 Å². The predicted molar refractivity (Wildman–Crippen MR) is 111 cm³/mol. The van der Waals surface area contributed by atoms with E-state index in [9.17, 15) is 22.4 Å². The summed E-state index contributed by atoms with van der Waals surface area (Å²) in [6.07, 6.45) is 0.354. The van der Waals surface area contributed by atoms with E-state index in [1.165, 1.54) is 49.7 Å². The lowest BCUT2D eigenvalue weighted by Crippen LogP contribution is -2.28. The van der Waals surface area contributed by atoms with Gasteiger partial charge in [-0.2, -0.15) is 0 Å². The van der Waals surface area contributed by atoms with Crippen molar-refractivity contribution in [3.05, 3.63) is 48.3 Å². The molecule has 0 aliphatic carbocycles. The second-order valence-corrected chi connectivity index (χ2v) is 8.57. The highest BCUT2D eigenvalue weighted by Gasteiger charge is 2.20. The number of hydrogen-bond acceptors (Lipinski definition) is 5. The van der Waals surface area contributed by atoms with Gasteiger partial charge in [0.2, 0.25) is 21.8 Å². The number of halogens is 1. The van der Waals surface area contributed by atoms with Gasteiger partial charge in [-0.25, -0.2) is 17.1 Å². The zero-order chi connectivity index (χ0) is 22.3. The van der Waals surface area contributed by atoms with E-state index in [1.807, 2.05) is 0 Å². The monoisotopic (exact) mass is 437 g/mol. The number of anilines is 2. The Morgan fingerprint density at radius 1 is 1.10 bits per heavy atom. The van der Waals surface area contributed by atoms with Crippen LogP contribution in [0.25, 0.3) is 0 Å². The molecule has 162 valence electrons. The number of rotatable bonds is 9. The van der Waals surface area contributed by atoms with E-state index in [1.54, 1.807) is 12.1 Å². The minimum absolute atomic E-state index is 0.0365. The van der Waals surface area contributed by atoms with Gasteiger partial charge in [0.25, 0.3) is 0 Å². The minimum atomic E-state index is -3.68. The molecule has 0 aromatic heterocycles. The van der Waals surface area contributed by atoms with Crippen molar-refractivity contribution in [2.75, 3.05) is 31.3 Å². The number of ether oxygens (including phenoxy) is 1. The van der Waals surface area contributed by atoms with E-state index in [-0.39, 0.29) is 35.9 Å². The number of nitrogens with one attached hydrogen (secondary N) is 2. The summed E-state index contributed by atoms with van der Waals surface area (Å²) in [6, 6.07) is 9.86. The van der Waals surface area contributed by atoms with Crippen molar-refractivity contribution in [2.45, 2.75) is 24.7 Å². The Labute approximate surface area is 175 Å². The summed E-state index contributed by atoms with van der Waals surface area (Å²) in [6.45, 7) is 1.39. The Morgan fingerprint density at radius 3 is 2.37 bits per heavy atom. The zero-order valence-corrected chi connectivity index (χ0v) is 17.8. The maximum atomic E-state index is 13.7. The smallest absolute Gasteiger partial charge is 0.242 e. The lowest BCUT2D eigenvalue weighted by Gasteiger charge is -2.17. The SMILES string of the molecule is COc1ccc(S(=O)(=O)N(C)CCCC(=O)Nc2ccc(F)c(NC(C)=O)c2)cc1. The molecule has 0 aliphatic rings. The zero-order valence-electron chi connectivity index (χ0n) is 16.9. The highest BCUT2D eigenvalue weighted by atomic mass is 32.2. The van der Waals surface area contributed by atoms with Crippen LogP contribution in [0.1, 0.15) is 19.8 Å². The molecule has 2 N–H and O–H groups in total. The molecule has 2 aromatic rings. The maximum absolute atomic E-state index is 13.7. The second kappa shape index (κ2) is 10.2. The Bertz CT molecular complexity index is 1010. The van der Waals surface area contributed by atoms with Crippen LogP contribution >= 0.6 is 0 Å². The van der Waals surface area contributed by atoms with Crippen LogP contribution in [0.5, 0.6) is 5.75 Å². The van der Waals surface area contributed by atoms with Crippen molar-refractivity contribution in [2.24, 2.45) is 0 Å². The highest BCUT2D eigenvalue weighted by molar-refractivity contribution is 7.89. The summed E-state index contributed by atoms with van der Waals surface area (Å²) >= 11 is 0. The average Bonchev–Trinajstić information content (AvgIpc) is 2.70. The van der Waals surface area contributed by atoms with Crippen LogP contribution in [-0.4, -0.2) is 45.2 Å². The Hall–Kier alpha value is -2.98. The van der Waals surface area contributed by atoms with Gasteiger partial charge in [-0.3, -0.25) is 9.59 Å². The fraction of sp³-hybridized carbons (Fsp3) is 0.300. The van der Waals surface area contributed by atoms with E-state index in [0.717, 1.165) is 6.07 Å². The van der Waals surface area contributed by atoms with Gasteiger partial charge in [-0.1, -0.05) is 0 Å². The molecule has 0 unspecified atom stereocenters. The summed E-state index contributed by atoms with van der Waals surface area (Å²) in [4.78, 5) is 23.4. The molecule has 0 radical (unpaired) electrons. The fourth-order valence-electron chi connectivity index (χ4n) is 2.62. The molecule has 2 amide bonds. The largest absolute Gasteiger partial charge is 0.497 e. The van der Waals surface area contributed by atoms with Crippen LogP contribution < -0.4 is 15.4 Å². The molecule has 2 aromatic carbocycles. The number of amides is 2. The molecular weight excluding hydrogens is 413 g/mol. The van der Waals surface area contributed by atoms with Crippen LogP contribution in [0.2, 0.25) is 0 Å². The highest BCUT2D eigenvalue weighted by Crippen LogP contribution is 2.21. The molecule has 30 heavy (non-hydrogen) atoms. The number of carbonyl (C=O) groups excluding carboxylic acids is 2. The maximum Gasteiger partial charge on any atom is 0.242 e. The molecule has 0 spiro atoms. The van der Waals surface area contributed by atoms with Crippen LogP contribution in [0.15, 0.2) is 47.4 Å². The second-order valence-electron chi connectivity index (χ2n) is 6.53. The van der Waals surface area contributed by atoms with Gasteiger partial charge in [0.15, 0.2) is 0 Å². The van der Waals surface area contributed by atoms with Gasteiger partial charge in [-0.05, 0) is 48.9 Å². The number of carbonyl (C=O) groups is 2. The molecule has 10 heteroatoms. The van der Waals surface area contributed by atoms with Crippen LogP contribution in [0.4, 0.5) is 15.8 Å². The van der Waals surface area contributed by atoms with Crippen molar-refractivity contribution in [3.63, 3.8) is 0 Å². The third-order valence-electron chi connectivity index (χ3n) is 4.21. The normalized spacial score (nSPS) is 11.2. The molecule has 0 saturated heterocycles. The van der Waals surface area contributed by atoms with Crippen molar-refractivity contribution in [1.29, 1.82) is 0 Å². The Morgan fingerprint density at radius 2 is 1.77 bits per heavy atom. The van der Waals surface area contributed by atoms with Crippen LogP contribution in [0.3, 0.4) is 0 Å². The minimum Gasteiger partial charge on any atom is -0.497 e. The van der Waals surface area contributed by atoms with Gasteiger partial charge in [0, 0.05) is 32.6 Å². The molecule has 0 saturated carbocycles. The predicted octanol–water partition coefficient (Wildman–Crippen LogP) is 2.83. The summed E-state index contributed by atoms with van der Waals surface area (Å²) < 4.78 is 45.0. The summed E-state index contributed by atoms with van der Waals surface area (Å²) in [5.74, 6) is -0.853. The molecule has 0 bridgehead atoms. The van der Waals surface area contributed by atoms with Crippen LogP contribution in [-0.2, 0) is 19.6 Å². The number of sulfonamides is 1. The van der Waals surface area contributed by atoms with Gasteiger partial charge < -0.3 is 15.4 Å². The van der Waals surface area contributed by atoms with E-state index in [2.05, 4.69) is 10.6 Å². The number of hydrogen-bond donors (Lipinski definition) is 2. The lowest BCUT2D eigenvalue weighted by atomic mass is 10.2. The lowest BCUT2D eigenvalue weighted by molar-refractivity contribution is -0.116. The molecule has 0 aliphatic heterocycles. The average molecular weight is 437 g/mol. The van der Waals surface area contributed by atoms with E-state index < -0.39 is 21.7 Å². The van der Waals surface area contributed by atoms with E-state index >= 15 is 0 Å².